The van der Waals surface area contributed by atoms with E-state index in [0.717, 1.165) is 0 Å². The molecular formula is C10H14AcN2O5. The predicted octanol–water partition coefficient (Wildman–Crippen LogP) is -1.51. The largest absolute Gasteiger partial charge is 0.394 e. The first-order chi connectivity index (χ1) is 8.02. The van der Waals surface area contributed by atoms with Gasteiger partial charge < -0.3 is 14.9 Å². The number of rotatable bonds is 2. The molecule has 1 aromatic rings. The number of hydrogen-bond donors (Lipinski definition) is 3. The predicted molar refractivity (Wildman–Crippen MR) is 57.7 cm³/mol. The Morgan fingerprint density at radius 3 is 2.78 bits per heavy atom. The van der Waals surface area contributed by atoms with Crippen LogP contribution in [0.3, 0.4) is 0 Å². The second kappa shape index (κ2) is 6.44. The maximum Gasteiger partial charge on any atom is 0.330 e. The van der Waals surface area contributed by atoms with E-state index in [-0.39, 0.29) is 57.1 Å². The van der Waals surface area contributed by atoms with E-state index in [1.807, 2.05) is 0 Å². The van der Waals surface area contributed by atoms with Gasteiger partial charge >= 0.3 is 5.69 Å². The van der Waals surface area contributed by atoms with Crippen LogP contribution >= 0.6 is 0 Å². The van der Waals surface area contributed by atoms with Crippen molar-refractivity contribution in [3.05, 3.63) is 32.6 Å². The Kier molecular flexibility index (Phi) is 5.74. The Bertz CT molecular complexity index is 526. The van der Waals surface area contributed by atoms with Crippen molar-refractivity contribution in [1.82, 2.24) is 9.55 Å². The number of ether oxygens (including phenoxy) is 1. The average molecular weight is 469 g/mol. The Labute approximate surface area is 138 Å². The molecule has 0 amide bonds. The number of H-pyrrole nitrogens is 1. The van der Waals surface area contributed by atoms with Crippen molar-refractivity contribution < 1.29 is 59.0 Å². The van der Waals surface area contributed by atoms with Crippen LogP contribution in [0, 0.1) is 51.0 Å². The van der Waals surface area contributed by atoms with E-state index < -0.39 is 29.7 Å². The van der Waals surface area contributed by atoms with Gasteiger partial charge in [0.25, 0.3) is 5.56 Å². The van der Waals surface area contributed by atoms with Gasteiger partial charge in [-0.15, -0.1) is 0 Å². The molecule has 97 valence electrons. The minimum atomic E-state index is -0.816. The molecule has 3 atom stereocenters. The SMILES string of the molecule is Cc1cn(C2CC(O)[C@@H](CO)O2)c(=O)[nH]c1=O.[Ac]. The number of aryl methyl sites for hydroxylation is 1. The zero-order valence-corrected chi connectivity index (χ0v) is 14.6. The third-order valence-corrected chi connectivity index (χ3v) is 2.84. The van der Waals surface area contributed by atoms with Crippen LogP contribution in [0.2, 0.25) is 0 Å². The van der Waals surface area contributed by atoms with Crippen LogP contribution in [0.25, 0.3) is 0 Å². The first kappa shape index (κ1) is 16.1. The molecule has 1 fully saturated rings. The standard InChI is InChI=1S/C10H14N2O5.Ac/c1-5-3-12(10(16)11-9(5)15)8-2-6(14)7(4-13)17-8;/h3,6-8,13-14H,2,4H2,1H3,(H,11,15,16);/t6?,7-,8?;/m1./s1. The molecular weight excluding hydrogens is 455 g/mol. The molecule has 2 unspecified atom stereocenters. The Balaban J connectivity index is 0.00000162. The van der Waals surface area contributed by atoms with Crippen molar-refractivity contribution >= 4 is 0 Å². The summed E-state index contributed by atoms with van der Waals surface area (Å²) in [5.41, 5.74) is -0.643. The number of hydrogen-bond acceptors (Lipinski definition) is 5. The molecule has 2 rings (SSSR count). The zero-order valence-electron chi connectivity index (χ0n) is 9.87. The fraction of sp³-hybridized carbons (Fsp3) is 0.600. The molecule has 1 aliphatic rings. The topological polar surface area (TPSA) is 105 Å². The van der Waals surface area contributed by atoms with Gasteiger partial charge in [0, 0.05) is 62.2 Å². The summed E-state index contributed by atoms with van der Waals surface area (Å²) >= 11 is 0. The summed E-state index contributed by atoms with van der Waals surface area (Å²) in [4.78, 5) is 24.9. The van der Waals surface area contributed by atoms with E-state index >= 15 is 0 Å². The van der Waals surface area contributed by atoms with Crippen LogP contribution in [0.1, 0.15) is 18.2 Å². The van der Waals surface area contributed by atoms with Gasteiger partial charge in [-0.05, 0) is 6.92 Å². The summed E-state index contributed by atoms with van der Waals surface area (Å²) in [6, 6.07) is 0. The van der Waals surface area contributed by atoms with E-state index in [1.165, 1.54) is 10.8 Å². The Morgan fingerprint density at radius 2 is 2.22 bits per heavy atom. The molecule has 1 radical (unpaired) electrons. The number of nitrogens with one attached hydrogen (secondary N) is 1. The minimum Gasteiger partial charge on any atom is -0.394 e. The number of aromatic amines is 1. The summed E-state index contributed by atoms with van der Waals surface area (Å²) < 4.78 is 6.54. The monoisotopic (exact) mass is 469 g/mol. The molecule has 0 aliphatic carbocycles. The molecule has 0 bridgehead atoms. The summed E-state index contributed by atoms with van der Waals surface area (Å²) in [5.74, 6) is 0. The molecule has 1 aromatic heterocycles. The molecule has 7 nitrogen and oxygen atoms in total. The first-order valence-electron chi connectivity index (χ1n) is 5.29. The van der Waals surface area contributed by atoms with Crippen molar-refractivity contribution in [1.29, 1.82) is 0 Å². The van der Waals surface area contributed by atoms with E-state index in [0.29, 0.717) is 5.56 Å². The van der Waals surface area contributed by atoms with Crippen molar-refractivity contribution in [2.24, 2.45) is 0 Å². The molecule has 18 heavy (non-hydrogen) atoms. The fourth-order valence-corrected chi connectivity index (χ4v) is 1.85. The van der Waals surface area contributed by atoms with E-state index in [1.54, 1.807) is 6.92 Å². The van der Waals surface area contributed by atoms with Crippen LogP contribution in [0.5, 0.6) is 0 Å². The fourth-order valence-electron chi connectivity index (χ4n) is 1.85. The van der Waals surface area contributed by atoms with E-state index in [4.69, 9.17) is 9.84 Å². The number of nitrogens with zero attached hydrogens (tertiary/aromatic N) is 1. The quantitative estimate of drug-likeness (QED) is 0.489. The van der Waals surface area contributed by atoms with Gasteiger partial charge in [0.05, 0.1) is 12.7 Å². The van der Waals surface area contributed by atoms with Crippen molar-refractivity contribution in [2.45, 2.75) is 31.8 Å². The normalized spacial score (nSPS) is 26.9. The molecule has 0 spiro atoms. The van der Waals surface area contributed by atoms with Gasteiger partial charge in [-0.1, -0.05) is 0 Å². The van der Waals surface area contributed by atoms with Crippen molar-refractivity contribution in [2.75, 3.05) is 6.61 Å². The van der Waals surface area contributed by atoms with Gasteiger partial charge in [-0.3, -0.25) is 14.3 Å². The van der Waals surface area contributed by atoms with Crippen LogP contribution < -0.4 is 11.2 Å². The van der Waals surface area contributed by atoms with Crippen molar-refractivity contribution in [3.63, 3.8) is 0 Å². The molecule has 2 heterocycles. The zero-order chi connectivity index (χ0) is 12.6. The van der Waals surface area contributed by atoms with Gasteiger partial charge in [-0.25, -0.2) is 4.79 Å². The Morgan fingerprint density at radius 1 is 1.56 bits per heavy atom. The second-order valence-corrected chi connectivity index (χ2v) is 4.09. The molecule has 1 aliphatic heterocycles. The van der Waals surface area contributed by atoms with Gasteiger partial charge in [0.15, 0.2) is 0 Å². The van der Waals surface area contributed by atoms with Gasteiger partial charge in [0.1, 0.15) is 12.3 Å². The third kappa shape index (κ3) is 3.11. The number of aliphatic hydroxyl groups is 2. The number of aliphatic hydroxyl groups excluding tert-OH is 2. The van der Waals surface area contributed by atoms with Crippen LogP contribution in [-0.4, -0.2) is 38.6 Å². The second-order valence-electron chi connectivity index (χ2n) is 4.09. The summed E-state index contributed by atoms with van der Waals surface area (Å²) in [7, 11) is 0. The van der Waals surface area contributed by atoms with Crippen LogP contribution in [-0.2, 0) is 4.74 Å². The average Bonchev–Trinajstić information content (AvgIpc) is 2.65. The third-order valence-electron chi connectivity index (χ3n) is 2.84. The minimum absolute atomic E-state index is 0. The van der Waals surface area contributed by atoms with E-state index in [9.17, 15) is 14.7 Å². The van der Waals surface area contributed by atoms with Gasteiger partial charge in [0.2, 0.25) is 0 Å². The molecule has 3 N–H and O–H groups in total. The summed E-state index contributed by atoms with van der Waals surface area (Å²) in [6.07, 6.45) is -0.581. The van der Waals surface area contributed by atoms with Crippen molar-refractivity contribution in [3.8, 4) is 0 Å². The Hall–Kier alpha value is 0.00156. The maximum absolute atomic E-state index is 11.6. The molecule has 0 aromatic carbocycles. The smallest absolute Gasteiger partial charge is 0.330 e. The summed E-state index contributed by atoms with van der Waals surface area (Å²) in [5, 5.41) is 18.5. The van der Waals surface area contributed by atoms with Crippen LogP contribution in [0.15, 0.2) is 15.8 Å². The number of aromatic nitrogens is 2. The molecule has 8 heteroatoms. The van der Waals surface area contributed by atoms with E-state index in [2.05, 4.69) is 4.98 Å². The first-order valence-corrected chi connectivity index (χ1v) is 5.29. The van der Waals surface area contributed by atoms with Gasteiger partial charge in [-0.2, -0.15) is 0 Å². The summed E-state index contributed by atoms with van der Waals surface area (Å²) in [6.45, 7) is 1.26. The van der Waals surface area contributed by atoms with Crippen LogP contribution in [0.4, 0.5) is 0 Å². The molecule has 0 saturated carbocycles. The maximum atomic E-state index is 11.6. The molecule has 1 saturated heterocycles.